The van der Waals surface area contributed by atoms with E-state index in [9.17, 15) is 14.9 Å². The zero-order valence-corrected chi connectivity index (χ0v) is 14.1. The number of hydrogen-bond acceptors (Lipinski definition) is 3. The zero-order chi connectivity index (χ0) is 18.4. The molecule has 0 saturated carbocycles. The Balaban J connectivity index is 2.14. The van der Waals surface area contributed by atoms with Crippen molar-refractivity contribution in [3.63, 3.8) is 0 Å². The molecule has 0 aliphatic carbocycles. The van der Waals surface area contributed by atoms with Gasteiger partial charge in [-0.2, -0.15) is 5.26 Å². The third-order valence-electron chi connectivity index (χ3n) is 3.71. The molecule has 0 fully saturated rings. The number of anilines is 1. The van der Waals surface area contributed by atoms with Crippen molar-refractivity contribution in [2.24, 2.45) is 5.73 Å². The van der Waals surface area contributed by atoms with Gasteiger partial charge in [-0.05, 0) is 47.4 Å². The maximum Gasteiger partial charge on any atom is 0.266 e. The van der Waals surface area contributed by atoms with E-state index < -0.39 is 11.8 Å². The van der Waals surface area contributed by atoms with Gasteiger partial charge in [0, 0.05) is 11.3 Å². The molecule has 0 bridgehead atoms. The Morgan fingerprint density at radius 1 is 1.08 bits per heavy atom. The van der Waals surface area contributed by atoms with Gasteiger partial charge in [0.2, 0.25) is 5.91 Å². The molecule has 0 atom stereocenters. The van der Waals surface area contributed by atoms with Gasteiger partial charge in [-0.15, -0.1) is 0 Å². The number of benzene rings is 2. The fraction of sp³-hybridized carbons (Fsp3) is 0.150. The Bertz CT molecular complexity index is 842. The number of carbonyl (C=O) groups excluding carboxylic acids is 2. The van der Waals surface area contributed by atoms with Crippen LogP contribution in [0.2, 0.25) is 0 Å². The van der Waals surface area contributed by atoms with Gasteiger partial charge in [0.25, 0.3) is 5.91 Å². The maximum absolute atomic E-state index is 12.2. The van der Waals surface area contributed by atoms with Crippen LogP contribution >= 0.6 is 0 Å². The first-order valence-corrected chi connectivity index (χ1v) is 7.83. The van der Waals surface area contributed by atoms with Crippen LogP contribution < -0.4 is 11.1 Å². The van der Waals surface area contributed by atoms with Crippen LogP contribution in [-0.2, 0) is 4.79 Å². The Morgan fingerprint density at radius 2 is 1.68 bits per heavy atom. The van der Waals surface area contributed by atoms with Crippen LogP contribution in [0.15, 0.2) is 54.1 Å². The predicted octanol–water partition coefficient (Wildman–Crippen LogP) is 3.45. The minimum absolute atomic E-state index is 0.00345. The highest BCUT2D eigenvalue weighted by atomic mass is 16.2. The van der Waals surface area contributed by atoms with Crippen LogP contribution in [0.3, 0.4) is 0 Å². The molecular weight excluding hydrogens is 314 g/mol. The highest BCUT2D eigenvalue weighted by Gasteiger charge is 2.10. The molecule has 5 nitrogen and oxygen atoms in total. The number of hydrogen-bond donors (Lipinski definition) is 2. The molecule has 2 aromatic rings. The minimum Gasteiger partial charge on any atom is -0.366 e. The third-order valence-corrected chi connectivity index (χ3v) is 3.71. The monoisotopic (exact) mass is 333 g/mol. The average molecular weight is 333 g/mol. The lowest BCUT2D eigenvalue weighted by Crippen LogP contribution is -2.14. The van der Waals surface area contributed by atoms with Crippen molar-refractivity contribution in [1.29, 1.82) is 5.26 Å². The first-order chi connectivity index (χ1) is 11.9. The molecule has 25 heavy (non-hydrogen) atoms. The summed E-state index contributed by atoms with van der Waals surface area (Å²) in [4.78, 5) is 23.3. The van der Waals surface area contributed by atoms with E-state index in [1.165, 1.54) is 23.8 Å². The summed E-state index contributed by atoms with van der Waals surface area (Å²) in [5.41, 5.74) is 7.96. The van der Waals surface area contributed by atoms with E-state index in [1.807, 2.05) is 30.3 Å². The van der Waals surface area contributed by atoms with Crippen molar-refractivity contribution in [2.45, 2.75) is 19.8 Å². The van der Waals surface area contributed by atoms with Crippen LogP contribution in [0.25, 0.3) is 6.08 Å². The number of carbonyl (C=O) groups is 2. The molecule has 0 aliphatic heterocycles. The summed E-state index contributed by atoms with van der Waals surface area (Å²) in [6, 6.07) is 15.8. The summed E-state index contributed by atoms with van der Waals surface area (Å²) >= 11 is 0. The number of primary amides is 1. The van der Waals surface area contributed by atoms with Crippen molar-refractivity contribution < 1.29 is 9.59 Å². The van der Waals surface area contributed by atoms with Crippen LogP contribution in [0.4, 0.5) is 5.69 Å². The summed E-state index contributed by atoms with van der Waals surface area (Å²) in [7, 11) is 0. The first-order valence-electron chi connectivity index (χ1n) is 7.83. The van der Waals surface area contributed by atoms with Gasteiger partial charge in [-0.3, -0.25) is 9.59 Å². The Labute approximate surface area is 146 Å². The Kier molecular flexibility index (Phi) is 5.70. The molecule has 2 aromatic carbocycles. The molecule has 3 N–H and O–H groups in total. The molecule has 0 spiro atoms. The van der Waals surface area contributed by atoms with Crippen LogP contribution in [0.1, 0.15) is 41.3 Å². The van der Waals surface area contributed by atoms with Crippen LogP contribution in [-0.4, -0.2) is 11.8 Å². The zero-order valence-electron chi connectivity index (χ0n) is 14.1. The van der Waals surface area contributed by atoms with Gasteiger partial charge in [0.1, 0.15) is 11.6 Å². The number of nitrogens with one attached hydrogen (secondary N) is 1. The second kappa shape index (κ2) is 7.93. The molecule has 5 heteroatoms. The van der Waals surface area contributed by atoms with E-state index >= 15 is 0 Å². The van der Waals surface area contributed by atoms with E-state index in [0.29, 0.717) is 17.2 Å². The lowest BCUT2D eigenvalue weighted by molar-refractivity contribution is -0.112. The summed E-state index contributed by atoms with van der Waals surface area (Å²) in [6.07, 6.45) is 1.54. The molecule has 2 rings (SSSR count). The number of rotatable bonds is 5. The van der Waals surface area contributed by atoms with Gasteiger partial charge in [-0.1, -0.05) is 38.1 Å². The largest absolute Gasteiger partial charge is 0.366 e. The molecule has 0 heterocycles. The molecule has 0 aromatic heterocycles. The maximum atomic E-state index is 12.2. The van der Waals surface area contributed by atoms with Gasteiger partial charge < -0.3 is 11.1 Å². The number of amides is 2. The van der Waals surface area contributed by atoms with Crippen LogP contribution in [0, 0.1) is 11.3 Å². The summed E-state index contributed by atoms with van der Waals surface area (Å²) in [5, 5.41) is 11.9. The van der Waals surface area contributed by atoms with Crippen molar-refractivity contribution in [1.82, 2.24) is 0 Å². The van der Waals surface area contributed by atoms with Crippen molar-refractivity contribution in [3.05, 3.63) is 70.8 Å². The molecule has 0 unspecified atom stereocenters. The summed E-state index contributed by atoms with van der Waals surface area (Å²) in [5.74, 6) is -0.636. The fourth-order valence-corrected chi connectivity index (χ4v) is 2.21. The number of nitrogens with two attached hydrogens (primary N) is 1. The Hall–Kier alpha value is -3.39. The number of nitrogens with zero attached hydrogens (tertiary/aromatic N) is 1. The van der Waals surface area contributed by atoms with E-state index in [0.717, 1.165) is 5.56 Å². The highest BCUT2D eigenvalue weighted by Crippen LogP contribution is 2.17. The topological polar surface area (TPSA) is 96.0 Å². The second-order valence-corrected chi connectivity index (χ2v) is 5.89. The van der Waals surface area contributed by atoms with Gasteiger partial charge in [0.05, 0.1) is 0 Å². The third kappa shape index (κ3) is 4.79. The Morgan fingerprint density at radius 3 is 2.16 bits per heavy atom. The minimum atomic E-state index is -0.541. The smallest absolute Gasteiger partial charge is 0.266 e. The summed E-state index contributed by atoms with van der Waals surface area (Å²) in [6.45, 7) is 4.20. The predicted molar refractivity (Wildman–Crippen MR) is 97.7 cm³/mol. The first kappa shape index (κ1) is 18.0. The highest BCUT2D eigenvalue weighted by molar-refractivity contribution is 6.09. The molecule has 2 amide bonds. The average Bonchev–Trinajstić information content (AvgIpc) is 2.60. The van der Waals surface area contributed by atoms with E-state index in [-0.39, 0.29) is 5.57 Å². The normalized spacial score (nSPS) is 11.0. The molecule has 126 valence electrons. The van der Waals surface area contributed by atoms with E-state index in [1.54, 1.807) is 12.1 Å². The van der Waals surface area contributed by atoms with Gasteiger partial charge in [0.15, 0.2) is 0 Å². The van der Waals surface area contributed by atoms with Gasteiger partial charge >= 0.3 is 0 Å². The van der Waals surface area contributed by atoms with E-state index in [4.69, 9.17) is 5.73 Å². The quantitative estimate of drug-likeness (QED) is 0.648. The summed E-state index contributed by atoms with van der Waals surface area (Å²) < 4.78 is 0. The van der Waals surface area contributed by atoms with Crippen molar-refractivity contribution in [2.75, 3.05) is 5.32 Å². The van der Waals surface area contributed by atoms with Crippen molar-refractivity contribution >= 4 is 23.6 Å². The lowest BCUT2D eigenvalue weighted by atomic mass is 10.0. The number of nitriles is 1. The van der Waals surface area contributed by atoms with Crippen molar-refractivity contribution in [3.8, 4) is 6.07 Å². The molecule has 0 radical (unpaired) electrons. The van der Waals surface area contributed by atoms with E-state index in [2.05, 4.69) is 19.2 Å². The molecular formula is C20H19N3O2. The second-order valence-electron chi connectivity index (χ2n) is 5.89. The van der Waals surface area contributed by atoms with Gasteiger partial charge in [-0.25, -0.2) is 0 Å². The fourth-order valence-electron chi connectivity index (χ4n) is 2.21. The lowest BCUT2D eigenvalue weighted by Gasteiger charge is -2.06. The SMILES string of the molecule is CC(C)c1ccc(/C=C(\C#N)C(=O)Nc2ccc(C(N)=O)cc2)cc1. The molecule has 0 aliphatic rings. The standard InChI is InChI=1S/C20H19N3O2/c1-13(2)15-5-3-14(4-6-15)11-17(12-21)20(25)23-18-9-7-16(8-10-18)19(22)24/h3-11,13H,1-2H3,(H2,22,24)(H,23,25)/b17-11+. The molecule has 0 saturated heterocycles. The van der Waals surface area contributed by atoms with Crippen LogP contribution in [0.5, 0.6) is 0 Å².